The highest BCUT2D eigenvalue weighted by Gasteiger charge is 2.52. The Balaban J connectivity index is 1.52. The lowest BCUT2D eigenvalue weighted by Crippen LogP contribution is -2.56. The van der Waals surface area contributed by atoms with Crippen LogP contribution in [0.2, 0.25) is 0 Å². The standard InChI is InChI=1S/C23H29N5O3/c1-15(2)25-20(30)13-28-18-5-3-8-24-21(18)27-9-4-6-19(27)23(28)7-10-26(14-23)22(31)16-11-17(29)12-16/h3-6,8-9,15-17,29H,7,10-14H2,1-2H3,(H,25,30)/t16?,17?,23-/m1/s1. The van der Waals surface area contributed by atoms with Crippen molar-refractivity contribution >= 4 is 17.5 Å². The molecule has 0 radical (unpaired) electrons. The highest BCUT2D eigenvalue weighted by atomic mass is 16.3. The molecule has 8 heteroatoms. The Labute approximate surface area is 181 Å². The van der Waals surface area contributed by atoms with E-state index in [1.165, 1.54) is 0 Å². The molecule has 2 aliphatic heterocycles. The molecule has 0 bridgehead atoms. The molecule has 2 N–H and O–H groups in total. The summed E-state index contributed by atoms with van der Waals surface area (Å²) in [6.45, 7) is 5.26. The van der Waals surface area contributed by atoms with E-state index in [0.717, 1.165) is 23.6 Å². The number of likely N-dealkylation sites (tertiary alicyclic amines) is 1. The van der Waals surface area contributed by atoms with Crippen LogP contribution in [0.15, 0.2) is 36.7 Å². The number of nitrogens with zero attached hydrogens (tertiary/aromatic N) is 4. The molecule has 2 amide bonds. The largest absolute Gasteiger partial charge is 0.393 e. The van der Waals surface area contributed by atoms with Gasteiger partial charge in [-0.1, -0.05) is 0 Å². The zero-order chi connectivity index (χ0) is 21.8. The maximum absolute atomic E-state index is 13.1. The molecular formula is C23H29N5O3. The molecule has 31 heavy (non-hydrogen) atoms. The van der Waals surface area contributed by atoms with E-state index in [-0.39, 0.29) is 36.4 Å². The molecule has 0 aromatic carbocycles. The molecule has 0 unspecified atom stereocenters. The summed E-state index contributed by atoms with van der Waals surface area (Å²) in [6.07, 6.45) is 5.24. The lowest BCUT2D eigenvalue weighted by atomic mass is 9.81. The van der Waals surface area contributed by atoms with Gasteiger partial charge in [-0.05, 0) is 57.4 Å². The smallest absolute Gasteiger partial charge is 0.239 e. The summed E-state index contributed by atoms with van der Waals surface area (Å²) in [6, 6.07) is 8.02. The van der Waals surface area contributed by atoms with Gasteiger partial charge in [-0.25, -0.2) is 4.98 Å². The Kier molecular flexibility index (Phi) is 4.77. The Morgan fingerprint density at radius 1 is 1.29 bits per heavy atom. The van der Waals surface area contributed by atoms with Gasteiger partial charge >= 0.3 is 0 Å². The predicted octanol–water partition coefficient (Wildman–Crippen LogP) is 1.42. The van der Waals surface area contributed by atoms with Crippen LogP contribution in [-0.4, -0.2) is 63.2 Å². The first-order chi connectivity index (χ1) is 14.9. The number of fused-ring (bicyclic) bond motifs is 4. The van der Waals surface area contributed by atoms with Crippen molar-refractivity contribution in [1.29, 1.82) is 0 Å². The van der Waals surface area contributed by atoms with Gasteiger partial charge in [-0.3, -0.25) is 9.59 Å². The molecule has 5 rings (SSSR count). The van der Waals surface area contributed by atoms with Crippen LogP contribution in [0.4, 0.5) is 5.69 Å². The average molecular weight is 424 g/mol. The van der Waals surface area contributed by atoms with E-state index in [9.17, 15) is 14.7 Å². The average Bonchev–Trinajstić information content (AvgIpc) is 3.36. The van der Waals surface area contributed by atoms with Crippen molar-refractivity contribution in [2.75, 3.05) is 24.5 Å². The van der Waals surface area contributed by atoms with Crippen molar-refractivity contribution in [2.45, 2.75) is 50.8 Å². The molecule has 1 aliphatic carbocycles. The molecular weight excluding hydrogens is 394 g/mol. The lowest BCUT2D eigenvalue weighted by molar-refractivity contribution is -0.141. The normalized spacial score (nSPS) is 26.6. The SMILES string of the molecule is CC(C)NC(=O)CN1c2cccnc2-n2cccc2[C@]12CCN(C(=O)C1CC(O)C1)C2. The first-order valence-corrected chi connectivity index (χ1v) is 11.1. The van der Waals surface area contributed by atoms with Crippen molar-refractivity contribution < 1.29 is 14.7 Å². The zero-order valence-electron chi connectivity index (χ0n) is 18.0. The molecule has 2 aromatic rings. The van der Waals surface area contributed by atoms with E-state index in [4.69, 9.17) is 0 Å². The fraction of sp³-hybridized carbons (Fsp3) is 0.522. The van der Waals surface area contributed by atoms with E-state index in [1.54, 1.807) is 6.20 Å². The summed E-state index contributed by atoms with van der Waals surface area (Å²) >= 11 is 0. The molecule has 3 aliphatic rings. The Morgan fingerprint density at radius 2 is 2.10 bits per heavy atom. The van der Waals surface area contributed by atoms with Gasteiger partial charge in [0.2, 0.25) is 11.8 Å². The first-order valence-electron chi connectivity index (χ1n) is 11.1. The zero-order valence-corrected chi connectivity index (χ0v) is 18.0. The van der Waals surface area contributed by atoms with Gasteiger partial charge in [0.15, 0.2) is 5.82 Å². The molecule has 2 fully saturated rings. The van der Waals surface area contributed by atoms with E-state index in [1.807, 2.05) is 43.1 Å². The lowest BCUT2D eigenvalue weighted by Gasteiger charge is -2.47. The molecule has 8 nitrogen and oxygen atoms in total. The fourth-order valence-electron chi connectivity index (χ4n) is 5.31. The number of amides is 2. The fourth-order valence-corrected chi connectivity index (χ4v) is 5.31. The summed E-state index contributed by atoms with van der Waals surface area (Å²) in [5.74, 6) is 0.782. The number of hydrogen-bond donors (Lipinski definition) is 2. The summed E-state index contributed by atoms with van der Waals surface area (Å²) in [5.41, 5.74) is 1.46. The summed E-state index contributed by atoms with van der Waals surface area (Å²) < 4.78 is 2.09. The third-order valence-electron chi connectivity index (χ3n) is 6.80. The van der Waals surface area contributed by atoms with Crippen LogP contribution < -0.4 is 10.2 Å². The topological polar surface area (TPSA) is 90.7 Å². The second-order valence-electron chi connectivity index (χ2n) is 9.28. The number of nitrogens with one attached hydrogen (secondary N) is 1. The summed E-state index contributed by atoms with van der Waals surface area (Å²) in [4.78, 5) is 34.6. The van der Waals surface area contributed by atoms with Crippen molar-refractivity contribution in [3.05, 3.63) is 42.4 Å². The van der Waals surface area contributed by atoms with E-state index < -0.39 is 5.54 Å². The maximum Gasteiger partial charge on any atom is 0.239 e. The van der Waals surface area contributed by atoms with Crippen LogP contribution in [-0.2, 0) is 15.1 Å². The van der Waals surface area contributed by atoms with Gasteiger partial charge in [-0.2, -0.15) is 0 Å². The van der Waals surface area contributed by atoms with Gasteiger partial charge in [0.25, 0.3) is 0 Å². The number of aliphatic hydroxyl groups excluding tert-OH is 1. The number of anilines is 1. The van der Waals surface area contributed by atoms with Crippen molar-refractivity contribution in [3.63, 3.8) is 0 Å². The molecule has 164 valence electrons. The maximum atomic E-state index is 13.1. The predicted molar refractivity (Wildman–Crippen MR) is 116 cm³/mol. The molecule has 4 heterocycles. The molecule has 1 spiro atoms. The minimum absolute atomic E-state index is 0.0453. The monoisotopic (exact) mass is 423 g/mol. The van der Waals surface area contributed by atoms with Gasteiger partial charge in [0.1, 0.15) is 5.54 Å². The Bertz CT molecular complexity index is 1010. The van der Waals surface area contributed by atoms with Crippen LogP contribution in [0, 0.1) is 5.92 Å². The number of carbonyl (C=O) groups is 2. The number of hydrogen-bond acceptors (Lipinski definition) is 5. The van der Waals surface area contributed by atoms with E-state index in [2.05, 4.69) is 25.8 Å². The number of rotatable bonds is 4. The van der Waals surface area contributed by atoms with Crippen molar-refractivity contribution in [2.24, 2.45) is 5.92 Å². The van der Waals surface area contributed by atoms with Gasteiger partial charge < -0.3 is 24.8 Å². The van der Waals surface area contributed by atoms with Crippen molar-refractivity contribution in [3.8, 4) is 5.82 Å². The van der Waals surface area contributed by atoms with Crippen LogP contribution in [0.3, 0.4) is 0 Å². The third-order valence-corrected chi connectivity index (χ3v) is 6.80. The quantitative estimate of drug-likeness (QED) is 0.776. The number of carbonyl (C=O) groups excluding carboxylic acids is 2. The summed E-state index contributed by atoms with van der Waals surface area (Å²) in [7, 11) is 0. The van der Waals surface area contributed by atoms with Gasteiger partial charge in [-0.15, -0.1) is 0 Å². The van der Waals surface area contributed by atoms with Crippen LogP contribution >= 0.6 is 0 Å². The number of pyridine rings is 1. The molecule has 2 aromatic heterocycles. The van der Waals surface area contributed by atoms with Crippen LogP contribution in [0.5, 0.6) is 0 Å². The second-order valence-corrected chi connectivity index (χ2v) is 9.28. The highest BCUT2D eigenvalue weighted by Crippen LogP contribution is 2.47. The van der Waals surface area contributed by atoms with E-state index >= 15 is 0 Å². The first kappa shape index (κ1) is 20.1. The number of aromatic nitrogens is 2. The molecule has 1 saturated heterocycles. The number of aliphatic hydroxyl groups is 1. The van der Waals surface area contributed by atoms with E-state index in [0.29, 0.717) is 25.9 Å². The van der Waals surface area contributed by atoms with Crippen LogP contribution in [0.1, 0.15) is 38.8 Å². The van der Waals surface area contributed by atoms with Crippen molar-refractivity contribution in [1.82, 2.24) is 19.8 Å². The molecule has 1 saturated carbocycles. The van der Waals surface area contributed by atoms with Gasteiger partial charge in [0.05, 0.1) is 24.0 Å². The minimum Gasteiger partial charge on any atom is -0.393 e. The Hall–Kier alpha value is -2.87. The minimum atomic E-state index is -0.494. The third kappa shape index (κ3) is 3.20. The Morgan fingerprint density at radius 3 is 2.84 bits per heavy atom. The van der Waals surface area contributed by atoms with Crippen LogP contribution in [0.25, 0.3) is 5.82 Å². The second kappa shape index (κ2) is 7.37. The highest BCUT2D eigenvalue weighted by molar-refractivity contribution is 5.85. The summed E-state index contributed by atoms with van der Waals surface area (Å²) in [5, 5.41) is 12.6. The molecule has 1 atom stereocenters. The van der Waals surface area contributed by atoms with Gasteiger partial charge in [0, 0.05) is 37.4 Å².